The van der Waals surface area contributed by atoms with Crippen LogP contribution >= 0.6 is 0 Å². The highest BCUT2D eigenvalue weighted by Crippen LogP contribution is 2.19. The van der Waals surface area contributed by atoms with Gasteiger partial charge in [0.15, 0.2) is 0 Å². The highest BCUT2D eigenvalue weighted by molar-refractivity contribution is 5.94. The van der Waals surface area contributed by atoms with Crippen molar-refractivity contribution in [2.24, 2.45) is 0 Å². The maximum atomic E-state index is 11.9. The molecule has 0 aromatic heterocycles. The van der Waals surface area contributed by atoms with Gasteiger partial charge >= 0.3 is 12.1 Å². The summed E-state index contributed by atoms with van der Waals surface area (Å²) < 4.78 is 5.42. The van der Waals surface area contributed by atoms with Gasteiger partial charge in [-0.2, -0.15) is 0 Å². The molecule has 0 bridgehead atoms. The molecule has 1 aromatic rings. The molecule has 0 aliphatic carbocycles. The second-order valence-electron chi connectivity index (χ2n) is 4.65. The second kappa shape index (κ2) is 6.38. The molecule has 1 aliphatic heterocycles. The summed E-state index contributed by atoms with van der Waals surface area (Å²) in [5, 5.41) is 5.32. The Morgan fingerprint density at radius 3 is 2.85 bits per heavy atom. The van der Waals surface area contributed by atoms with Gasteiger partial charge in [0.05, 0.1) is 6.10 Å². The SMILES string of the molecule is COC(CNC(=O)N1CCNC1=O)c1ccccc1C. The smallest absolute Gasteiger partial charge is 0.325 e. The number of nitrogens with one attached hydrogen (secondary N) is 2. The van der Waals surface area contributed by atoms with Gasteiger partial charge in [0.25, 0.3) is 0 Å². The molecule has 20 heavy (non-hydrogen) atoms. The summed E-state index contributed by atoms with van der Waals surface area (Å²) in [5.41, 5.74) is 2.13. The minimum atomic E-state index is -0.393. The zero-order valence-electron chi connectivity index (χ0n) is 11.7. The van der Waals surface area contributed by atoms with Crippen LogP contribution in [0.25, 0.3) is 0 Å². The van der Waals surface area contributed by atoms with E-state index in [4.69, 9.17) is 4.74 Å². The standard InChI is InChI=1S/C14H19N3O3/c1-10-5-3-4-6-11(10)12(20-2)9-16-14(19)17-8-7-15-13(17)18/h3-6,12H,7-9H2,1-2H3,(H,15,18)(H,16,19). The molecule has 0 saturated carbocycles. The minimum Gasteiger partial charge on any atom is -0.375 e. The van der Waals surface area contributed by atoms with Crippen molar-refractivity contribution in [3.05, 3.63) is 35.4 Å². The van der Waals surface area contributed by atoms with Crippen LogP contribution in [-0.4, -0.2) is 43.7 Å². The van der Waals surface area contributed by atoms with Crippen molar-refractivity contribution in [3.8, 4) is 0 Å². The number of urea groups is 2. The topological polar surface area (TPSA) is 70.7 Å². The molecule has 2 rings (SSSR count). The van der Waals surface area contributed by atoms with Gasteiger partial charge in [-0.25, -0.2) is 14.5 Å². The molecule has 6 nitrogen and oxygen atoms in total. The number of carbonyl (C=O) groups is 2. The van der Waals surface area contributed by atoms with Crippen LogP contribution in [-0.2, 0) is 4.74 Å². The molecule has 2 N–H and O–H groups in total. The van der Waals surface area contributed by atoms with E-state index < -0.39 is 6.03 Å². The number of imide groups is 1. The van der Waals surface area contributed by atoms with Crippen LogP contribution in [0.1, 0.15) is 17.2 Å². The maximum Gasteiger partial charge on any atom is 0.325 e. The monoisotopic (exact) mass is 277 g/mol. The van der Waals surface area contributed by atoms with Crippen LogP contribution in [0, 0.1) is 6.92 Å². The molecule has 1 saturated heterocycles. The molecular weight excluding hydrogens is 258 g/mol. The van der Waals surface area contributed by atoms with Crippen LogP contribution in [0.5, 0.6) is 0 Å². The van der Waals surface area contributed by atoms with Gasteiger partial charge in [0.2, 0.25) is 0 Å². The molecule has 0 spiro atoms. The van der Waals surface area contributed by atoms with Crippen molar-refractivity contribution in [2.45, 2.75) is 13.0 Å². The van der Waals surface area contributed by atoms with E-state index in [2.05, 4.69) is 10.6 Å². The average Bonchev–Trinajstić information content (AvgIpc) is 2.87. The lowest BCUT2D eigenvalue weighted by Gasteiger charge is -2.20. The number of carbonyl (C=O) groups excluding carboxylic acids is 2. The van der Waals surface area contributed by atoms with Crippen LogP contribution in [0.2, 0.25) is 0 Å². The number of amides is 4. The largest absolute Gasteiger partial charge is 0.375 e. The summed E-state index contributed by atoms with van der Waals surface area (Å²) in [6, 6.07) is 7.11. The number of benzene rings is 1. The third-order valence-electron chi connectivity index (χ3n) is 3.36. The van der Waals surface area contributed by atoms with Crippen LogP contribution in [0.15, 0.2) is 24.3 Å². The average molecular weight is 277 g/mol. The molecule has 1 aliphatic rings. The summed E-state index contributed by atoms with van der Waals surface area (Å²) in [6.07, 6.45) is -0.231. The van der Waals surface area contributed by atoms with Crippen molar-refractivity contribution in [1.82, 2.24) is 15.5 Å². The Morgan fingerprint density at radius 2 is 2.25 bits per heavy atom. The van der Waals surface area contributed by atoms with Crippen molar-refractivity contribution < 1.29 is 14.3 Å². The van der Waals surface area contributed by atoms with E-state index in [1.54, 1.807) is 7.11 Å². The molecule has 1 fully saturated rings. The van der Waals surface area contributed by atoms with Gasteiger partial charge in [-0.3, -0.25) is 0 Å². The Balaban J connectivity index is 1.96. The molecule has 4 amide bonds. The Kier molecular flexibility index (Phi) is 4.57. The Labute approximate surface area is 118 Å². The number of hydrogen-bond donors (Lipinski definition) is 2. The Bertz CT molecular complexity index is 504. The quantitative estimate of drug-likeness (QED) is 0.874. The van der Waals surface area contributed by atoms with Gasteiger partial charge in [0.1, 0.15) is 0 Å². The summed E-state index contributed by atoms with van der Waals surface area (Å²) in [4.78, 5) is 24.4. The second-order valence-corrected chi connectivity index (χ2v) is 4.65. The minimum absolute atomic E-state index is 0.231. The summed E-state index contributed by atoms with van der Waals surface area (Å²) in [6.45, 7) is 3.21. The van der Waals surface area contributed by atoms with Crippen LogP contribution in [0.3, 0.4) is 0 Å². The first-order valence-corrected chi connectivity index (χ1v) is 6.55. The van der Waals surface area contributed by atoms with Gasteiger partial charge in [-0.05, 0) is 18.1 Å². The van der Waals surface area contributed by atoms with Gasteiger partial charge < -0.3 is 15.4 Å². The number of hydrogen-bond acceptors (Lipinski definition) is 3. The molecule has 1 aromatic carbocycles. The maximum absolute atomic E-state index is 11.9. The first-order chi connectivity index (χ1) is 9.63. The van der Waals surface area contributed by atoms with Crippen molar-refractivity contribution >= 4 is 12.1 Å². The molecule has 0 radical (unpaired) electrons. The van der Waals surface area contributed by atoms with E-state index >= 15 is 0 Å². The molecule has 1 atom stereocenters. The summed E-state index contributed by atoms with van der Waals surface area (Å²) in [7, 11) is 1.60. The lowest BCUT2D eigenvalue weighted by atomic mass is 10.0. The highest BCUT2D eigenvalue weighted by atomic mass is 16.5. The molecule has 108 valence electrons. The fourth-order valence-electron chi connectivity index (χ4n) is 2.21. The summed E-state index contributed by atoms with van der Waals surface area (Å²) >= 11 is 0. The zero-order chi connectivity index (χ0) is 14.5. The summed E-state index contributed by atoms with van der Waals surface area (Å²) in [5.74, 6) is 0. The van der Waals surface area contributed by atoms with E-state index in [9.17, 15) is 9.59 Å². The highest BCUT2D eigenvalue weighted by Gasteiger charge is 2.26. The first kappa shape index (κ1) is 14.3. The normalized spacial score (nSPS) is 15.9. The lowest BCUT2D eigenvalue weighted by Crippen LogP contribution is -2.43. The molecule has 1 unspecified atom stereocenters. The molecular formula is C14H19N3O3. The first-order valence-electron chi connectivity index (χ1n) is 6.55. The van der Waals surface area contributed by atoms with Gasteiger partial charge in [0, 0.05) is 26.7 Å². The number of rotatable bonds is 4. The van der Waals surface area contributed by atoms with Crippen LogP contribution in [0.4, 0.5) is 9.59 Å². The third-order valence-corrected chi connectivity index (χ3v) is 3.36. The fourth-order valence-corrected chi connectivity index (χ4v) is 2.21. The van der Waals surface area contributed by atoms with E-state index in [-0.39, 0.29) is 12.1 Å². The van der Waals surface area contributed by atoms with Crippen LogP contribution < -0.4 is 10.6 Å². The molecule has 1 heterocycles. The van der Waals surface area contributed by atoms with E-state index in [1.165, 1.54) is 0 Å². The van der Waals surface area contributed by atoms with E-state index in [0.29, 0.717) is 19.6 Å². The van der Waals surface area contributed by atoms with E-state index in [0.717, 1.165) is 16.0 Å². The van der Waals surface area contributed by atoms with Crippen molar-refractivity contribution in [2.75, 3.05) is 26.7 Å². The number of methoxy groups -OCH3 is 1. The third kappa shape index (κ3) is 3.08. The zero-order valence-corrected chi connectivity index (χ0v) is 11.7. The number of aryl methyl sites for hydroxylation is 1. The number of ether oxygens (including phenoxy) is 1. The van der Waals surface area contributed by atoms with Gasteiger partial charge in [-0.15, -0.1) is 0 Å². The Morgan fingerprint density at radius 1 is 1.50 bits per heavy atom. The Hall–Kier alpha value is -2.08. The molecule has 6 heteroatoms. The number of nitrogens with zero attached hydrogens (tertiary/aromatic N) is 1. The van der Waals surface area contributed by atoms with Crippen molar-refractivity contribution in [1.29, 1.82) is 0 Å². The van der Waals surface area contributed by atoms with Gasteiger partial charge in [-0.1, -0.05) is 24.3 Å². The predicted molar refractivity (Wildman–Crippen MR) is 74.4 cm³/mol. The lowest BCUT2D eigenvalue weighted by molar-refractivity contribution is 0.102. The fraction of sp³-hybridized carbons (Fsp3) is 0.429. The van der Waals surface area contributed by atoms with Crippen molar-refractivity contribution in [3.63, 3.8) is 0 Å². The predicted octanol–water partition coefficient (Wildman–Crippen LogP) is 1.42. The van der Waals surface area contributed by atoms with E-state index in [1.807, 2.05) is 31.2 Å².